The number of hydrogen-bond acceptors (Lipinski definition) is 10. The lowest BCUT2D eigenvalue weighted by atomic mass is 9.81. The average Bonchev–Trinajstić information content (AvgIpc) is 3.22. The van der Waals surface area contributed by atoms with Crippen molar-refractivity contribution in [3.05, 3.63) is 47.2 Å². The summed E-state index contributed by atoms with van der Waals surface area (Å²) >= 11 is 0. The van der Waals surface area contributed by atoms with Crippen LogP contribution in [0.25, 0.3) is 32.9 Å². The van der Waals surface area contributed by atoms with Crippen molar-refractivity contribution in [2.75, 3.05) is 37.6 Å². The van der Waals surface area contributed by atoms with Crippen LogP contribution in [0.3, 0.4) is 0 Å². The summed E-state index contributed by atoms with van der Waals surface area (Å²) in [6.07, 6.45) is 11.8. The molecule has 2 aromatic heterocycles. The third-order valence-corrected chi connectivity index (χ3v) is 11.1. The Balaban J connectivity index is 1.65. The van der Waals surface area contributed by atoms with E-state index in [9.17, 15) is 13.2 Å². The second-order valence-electron chi connectivity index (χ2n) is 14.0. The second kappa shape index (κ2) is 13.5. The van der Waals surface area contributed by atoms with E-state index in [0.717, 1.165) is 0 Å². The molecular weight excluding hydrogens is 693 g/mol. The lowest BCUT2D eigenvalue weighted by Crippen LogP contribution is -2.68. The first-order valence-corrected chi connectivity index (χ1v) is 18.4. The molecule has 0 bridgehead atoms. The van der Waals surface area contributed by atoms with Crippen molar-refractivity contribution in [3.8, 4) is 41.7 Å². The molecule has 0 spiro atoms. The fourth-order valence-corrected chi connectivity index (χ4v) is 7.83. The molecule has 2 aliphatic heterocycles. The van der Waals surface area contributed by atoms with Crippen molar-refractivity contribution >= 4 is 43.4 Å². The summed E-state index contributed by atoms with van der Waals surface area (Å²) < 4.78 is 75.9. The van der Waals surface area contributed by atoms with Gasteiger partial charge in [-0.3, -0.25) is 0 Å². The summed E-state index contributed by atoms with van der Waals surface area (Å²) in [5.74, 6) is 3.52. The molecule has 0 radical (unpaired) electrons. The molecule has 1 fully saturated rings. The molecule has 1 amide bonds. The minimum absolute atomic E-state index is 0.111. The van der Waals surface area contributed by atoms with E-state index in [-0.39, 0.29) is 83.2 Å². The predicted molar refractivity (Wildman–Crippen MR) is 193 cm³/mol. The number of aromatic nitrogens is 3. The van der Waals surface area contributed by atoms with E-state index in [2.05, 4.69) is 21.8 Å². The predicted octanol–water partition coefficient (Wildman–Crippen LogP) is 6.03. The maximum absolute atomic E-state index is 17.3. The number of amides is 1. The molecule has 2 atom stereocenters. The normalized spacial score (nSPS) is 18.8. The second-order valence-corrected chi connectivity index (χ2v) is 16.1. The number of pyridine rings is 1. The largest absolute Gasteiger partial charge is 0.468 e. The van der Waals surface area contributed by atoms with Gasteiger partial charge < -0.3 is 24.0 Å². The molecule has 0 aliphatic carbocycles. The smallest absolute Gasteiger partial charge is 0.410 e. The number of hydrogen-bond donors (Lipinski definition) is 0. The molecule has 4 heterocycles. The van der Waals surface area contributed by atoms with Crippen molar-refractivity contribution in [3.63, 3.8) is 0 Å². The van der Waals surface area contributed by atoms with Crippen LogP contribution in [0, 0.1) is 36.3 Å². The molecule has 0 saturated carbocycles. The highest BCUT2D eigenvalue weighted by atomic mass is 32.2. The third kappa shape index (κ3) is 6.24. The zero-order valence-electron chi connectivity index (χ0n) is 29.8. The number of halogens is 2. The van der Waals surface area contributed by atoms with E-state index in [1.54, 1.807) is 31.7 Å². The molecule has 11 nitrogen and oxygen atoms in total. The molecule has 1 saturated heterocycles. The average molecular weight is 732 g/mol. The van der Waals surface area contributed by atoms with E-state index in [1.807, 2.05) is 11.8 Å². The van der Waals surface area contributed by atoms with Crippen molar-refractivity contribution in [1.29, 1.82) is 0 Å². The number of nitrogens with zero attached hydrogens (tertiary/aromatic N) is 5. The van der Waals surface area contributed by atoms with Crippen LogP contribution in [0.5, 0.6) is 5.75 Å². The summed E-state index contributed by atoms with van der Waals surface area (Å²) in [6.45, 7) is 8.93. The minimum atomic E-state index is -4.07. The maximum Gasteiger partial charge on any atom is 0.410 e. The topological polar surface area (TPSA) is 124 Å². The van der Waals surface area contributed by atoms with Gasteiger partial charge in [-0.25, -0.2) is 36.9 Å². The van der Waals surface area contributed by atoms with Gasteiger partial charge in [-0.2, -0.15) is 0 Å². The van der Waals surface area contributed by atoms with E-state index < -0.39 is 49.9 Å². The molecular formula is C38H39F2N5O6S. The van der Waals surface area contributed by atoms with Crippen LogP contribution in [0.2, 0.25) is 0 Å². The lowest BCUT2D eigenvalue weighted by molar-refractivity contribution is -0.0000485. The number of carbonyl (C=O) groups is 1. The fourth-order valence-electron chi connectivity index (χ4n) is 7.12. The van der Waals surface area contributed by atoms with Gasteiger partial charge in [0.25, 0.3) is 0 Å². The van der Waals surface area contributed by atoms with E-state index >= 15 is 8.78 Å². The molecule has 2 unspecified atom stereocenters. The highest BCUT2D eigenvalue weighted by Gasteiger charge is 2.51. The lowest BCUT2D eigenvalue weighted by Gasteiger charge is -2.54. The standard InChI is InChI=1S/C38H39F2N5O6S/c1-9-12-28-38(7)16-15-27-30-33(42-35(52(47,48)11-3)43-34(30)45(38)18-17-44(28)36(46)51-37(4,5)6)31(40)32(41-27)25-20-23(50-21-49-8)19-22-13-14-26(39)24(10-2)29(22)25/h1-2,13-14,19-20,28H,11-12,15-18,21H2,3-8H3. The Morgan fingerprint density at radius 3 is 2.52 bits per heavy atom. The van der Waals surface area contributed by atoms with E-state index in [0.29, 0.717) is 17.5 Å². The number of rotatable bonds is 7. The SMILES string of the molecule is C#CCC1N(C(=O)OC(C)(C)C)CCN2c3nc(S(=O)(=O)CC)nc4c(F)c(-c5cc(OCOC)cc6ccc(F)c(C#C)c56)nc(c34)CCC12C. The number of sulfone groups is 1. The molecule has 2 aromatic carbocycles. The van der Waals surface area contributed by atoms with Gasteiger partial charge in [0.1, 0.15) is 34.2 Å². The Hall–Kier alpha value is -5.05. The number of anilines is 1. The van der Waals surface area contributed by atoms with Crippen molar-refractivity contribution < 1.29 is 36.2 Å². The van der Waals surface area contributed by atoms with Gasteiger partial charge in [-0.05, 0) is 64.1 Å². The van der Waals surface area contributed by atoms with Crippen LogP contribution in [0.4, 0.5) is 19.4 Å². The van der Waals surface area contributed by atoms with E-state index in [1.165, 1.54) is 32.2 Å². The molecule has 2 aliphatic rings. The number of aryl methyl sites for hydroxylation is 1. The number of methoxy groups -OCH3 is 1. The molecule has 0 N–H and O–H groups in total. The van der Waals surface area contributed by atoms with Gasteiger partial charge >= 0.3 is 6.09 Å². The number of benzene rings is 2. The van der Waals surface area contributed by atoms with Crippen LogP contribution in [0.15, 0.2) is 29.4 Å². The molecule has 52 heavy (non-hydrogen) atoms. The van der Waals surface area contributed by atoms with E-state index in [4.69, 9.17) is 32.0 Å². The van der Waals surface area contributed by atoms with Crippen molar-refractivity contribution in [1.82, 2.24) is 19.9 Å². The van der Waals surface area contributed by atoms with Gasteiger partial charge in [0, 0.05) is 37.6 Å². The molecule has 272 valence electrons. The fraction of sp³-hybridized carbons (Fsp3) is 0.421. The monoisotopic (exact) mass is 731 g/mol. The highest BCUT2D eigenvalue weighted by Crippen LogP contribution is 2.46. The van der Waals surface area contributed by atoms with Gasteiger partial charge in [0.05, 0.1) is 34.0 Å². The zero-order valence-corrected chi connectivity index (χ0v) is 30.7. The number of carbonyl (C=O) groups excluding carboxylic acids is 1. The number of terminal acetylenes is 2. The van der Waals surface area contributed by atoms with Crippen LogP contribution in [-0.4, -0.2) is 84.3 Å². The third-order valence-electron chi connectivity index (χ3n) is 9.60. The summed E-state index contributed by atoms with van der Waals surface area (Å²) in [5.41, 5.74) is -1.85. The number of ether oxygens (including phenoxy) is 3. The first-order valence-electron chi connectivity index (χ1n) is 16.8. The van der Waals surface area contributed by atoms with Gasteiger partial charge in [0.15, 0.2) is 12.6 Å². The number of fused-ring (bicyclic) bond motifs is 3. The summed E-state index contributed by atoms with van der Waals surface area (Å²) in [5, 5.41) is 0.321. The van der Waals surface area contributed by atoms with Crippen LogP contribution >= 0.6 is 0 Å². The summed E-state index contributed by atoms with van der Waals surface area (Å²) in [4.78, 5) is 30.8. The Labute approximate surface area is 301 Å². The van der Waals surface area contributed by atoms with Crippen LogP contribution < -0.4 is 9.64 Å². The molecule has 6 rings (SSSR count). The molecule has 4 aromatic rings. The summed E-state index contributed by atoms with van der Waals surface area (Å²) in [7, 11) is -2.63. The first-order chi connectivity index (χ1) is 24.6. The Bertz CT molecular complexity index is 2310. The van der Waals surface area contributed by atoms with Crippen LogP contribution in [0.1, 0.15) is 58.7 Å². The molecule has 14 heteroatoms. The van der Waals surface area contributed by atoms with Gasteiger partial charge in [-0.1, -0.05) is 18.9 Å². The first kappa shape index (κ1) is 36.7. The number of piperazine rings is 1. The maximum atomic E-state index is 17.3. The summed E-state index contributed by atoms with van der Waals surface area (Å²) in [6, 6.07) is 5.22. The Morgan fingerprint density at radius 2 is 1.87 bits per heavy atom. The van der Waals surface area contributed by atoms with Gasteiger partial charge in [0.2, 0.25) is 15.0 Å². The quantitative estimate of drug-likeness (QED) is 0.126. The zero-order chi connectivity index (χ0) is 37.7. The van der Waals surface area contributed by atoms with Crippen molar-refractivity contribution in [2.24, 2.45) is 0 Å². The Kier molecular flexibility index (Phi) is 9.53. The minimum Gasteiger partial charge on any atom is -0.468 e. The van der Waals surface area contributed by atoms with Crippen LogP contribution in [-0.2, 0) is 25.7 Å². The van der Waals surface area contributed by atoms with Gasteiger partial charge in [-0.15, -0.1) is 18.8 Å². The highest BCUT2D eigenvalue weighted by molar-refractivity contribution is 7.91. The Morgan fingerprint density at radius 1 is 1.12 bits per heavy atom. The van der Waals surface area contributed by atoms with Crippen molar-refractivity contribution in [2.45, 2.75) is 76.2 Å².